The molecule has 0 atom stereocenters. The van der Waals surface area contributed by atoms with Crippen LogP contribution in [0.3, 0.4) is 0 Å². The Labute approximate surface area is 408 Å². The number of azo groups is 2. The minimum atomic E-state index is -5.50. The van der Waals surface area contributed by atoms with E-state index in [1.807, 2.05) is 0 Å². The predicted molar refractivity (Wildman–Crippen MR) is 195 cm³/mol. The van der Waals surface area contributed by atoms with Crippen molar-refractivity contribution in [1.29, 1.82) is 0 Å². The quantitative estimate of drug-likeness (QED) is 0.0384. The van der Waals surface area contributed by atoms with E-state index in [0.29, 0.717) is 29.2 Å². The zero-order valence-corrected chi connectivity index (χ0v) is 40.8. The monoisotopic (exact) mass is 931 g/mol. The molecule has 0 aliphatic heterocycles. The Morgan fingerprint density at radius 1 is 0.633 bits per heavy atom. The van der Waals surface area contributed by atoms with Gasteiger partial charge in [-0.2, -0.15) is 39.8 Å². The number of rotatable bonds is 17. The van der Waals surface area contributed by atoms with Crippen LogP contribution in [0.5, 0.6) is 0 Å². The Hall–Kier alpha value is -2.74. The molecule has 21 nitrogen and oxygen atoms in total. The van der Waals surface area contributed by atoms with E-state index in [9.17, 15) is 51.7 Å². The third kappa shape index (κ3) is 15.6. The van der Waals surface area contributed by atoms with Crippen LogP contribution in [0.4, 0.5) is 44.7 Å². The van der Waals surface area contributed by atoms with Gasteiger partial charge in [-0.3, -0.25) is 0 Å². The van der Waals surface area contributed by atoms with E-state index >= 15 is 0 Å². The van der Waals surface area contributed by atoms with Crippen LogP contribution in [-0.2, 0) is 44.9 Å². The van der Waals surface area contributed by atoms with Crippen LogP contribution in [0.15, 0.2) is 120 Å². The molecule has 0 spiro atoms. The largest absolute Gasteiger partial charge is 1.00 e. The summed E-state index contributed by atoms with van der Waals surface area (Å²) in [6.45, 7) is 3.41. The van der Waals surface area contributed by atoms with Gasteiger partial charge in [0.15, 0.2) is 9.84 Å². The van der Waals surface area contributed by atoms with Crippen molar-refractivity contribution in [3.63, 3.8) is 0 Å². The molecule has 4 aromatic carbocycles. The van der Waals surface area contributed by atoms with Gasteiger partial charge in [0.25, 0.3) is 0 Å². The minimum absolute atomic E-state index is 0. The van der Waals surface area contributed by atoms with Crippen molar-refractivity contribution in [2.24, 2.45) is 20.5 Å². The van der Waals surface area contributed by atoms with Gasteiger partial charge < -0.3 is 29.0 Å². The summed E-state index contributed by atoms with van der Waals surface area (Å²) >= 11 is 0. The molecule has 5 rings (SSSR count). The molecule has 0 amide bonds. The Bertz CT molecular complexity index is 2860. The van der Waals surface area contributed by atoms with Gasteiger partial charge in [-0.25, -0.2) is 33.7 Å². The fourth-order valence-corrected chi connectivity index (χ4v) is 7.14. The van der Waals surface area contributed by atoms with Gasteiger partial charge in [-0.05, 0) is 72.8 Å². The number of aromatic nitrogens is 3. The molecule has 0 unspecified atom stereocenters. The summed E-state index contributed by atoms with van der Waals surface area (Å²) in [6, 6.07) is 14.4. The van der Waals surface area contributed by atoms with Gasteiger partial charge in [0.05, 0.1) is 56.4 Å². The van der Waals surface area contributed by atoms with Crippen LogP contribution in [0.25, 0.3) is 10.8 Å². The van der Waals surface area contributed by atoms with Gasteiger partial charge >= 0.3 is 94.8 Å². The summed E-state index contributed by atoms with van der Waals surface area (Å²) in [5, 5.41) is 20.9. The van der Waals surface area contributed by atoms with E-state index in [2.05, 4.69) is 52.6 Å². The summed E-state index contributed by atoms with van der Waals surface area (Å²) in [5.41, 5.74) is 0.985. The first-order valence-electron chi connectivity index (χ1n) is 15.6. The number of halogens is 1. The van der Waals surface area contributed by atoms with E-state index in [1.165, 1.54) is 24.3 Å². The molecular weight excluding hydrogens is 907 g/mol. The first kappa shape index (κ1) is 53.4. The number of nitrogens with zero attached hydrogens (tertiary/aromatic N) is 7. The molecule has 0 radical (unpaired) electrons. The SMILES string of the molecule is C=CS(=O)(=O)CCOCCNc1nc(F)nc(Nc2ccc(N=Nc3ccc(N=Nc4cc(S(=O)(=O)[O-])c5cc(S(=O)(=O)[O-])cc(S(=O)(=O)[O-])c5c4)cc3)cc2)n1.[Na+].[Na+].[Na+]. The summed E-state index contributed by atoms with van der Waals surface area (Å²) in [4.78, 5) is 7.58. The molecule has 60 heavy (non-hydrogen) atoms. The molecule has 0 bridgehead atoms. The normalized spacial score (nSPS) is 12.1. The maximum Gasteiger partial charge on any atom is 1.00 e. The molecular formula is C31H25FN9Na3O12S4. The zero-order valence-electron chi connectivity index (χ0n) is 31.6. The van der Waals surface area contributed by atoms with Crippen LogP contribution >= 0.6 is 0 Å². The predicted octanol–water partition coefficient (Wildman–Crippen LogP) is -4.55. The molecule has 0 saturated heterocycles. The van der Waals surface area contributed by atoms with Crippen LogP contribution in [0.1, 0.15) is 0 Å². The Balaban J connectivity index is 0.00000413. The van der Waals surface area contributed by atoms with Crippen molar-refractivity contribution >= 4 is 91.3 Å². The molecule has 2 N–H and O–H groups in total. The second-order valence-electron chi connectivity index (χ2n) is 11.2. The number of benzene rings is 4. The van der Waals surface area contributed by atoms with Crippen LogP contribution in [0, 0.1) is 6.08 Å². The van der Waals surface area contributed by atoms with Gasteiger partial charge in [-0.15, -0.1) is 0 Å². The first-order chi connectivity index (χ1) is 26.7. The molecule has 0 aliphatic rings. The minimum Gasteiger partial charge on any atom is -0.744 e. The van der Waals surface area contributed by atoms with E-state index < -0.39 is 77.4 Å². The van der Waals surface area contributed by atoms with Crippen molar-refractivity contribution < 1.29 is 145 Å². The van der Waals surface area contributed by atoms with Gasteiger partial charge in [0.1, 0.15) is 30.4 Å². The smallest absolute Gasteiger partial charge is 0.744 e. The van der Waals surface area contributed by atoms with Crippen LogP contribution in [0.2, 0.25) is 0 Å². The maximum atomic E-state index is 14.0. The number of ether oxygens (including phenoxy) is 1. The van der Waals surface area contributed by atoms with Crippen LogP contribution < -0.4 is 99.3 Å². The fourth-order valence-electron chi connectivity index (χ4n) is 4.61. The maximum absolute atomic E-state index is 14.0. The zero-order chi connectivity index (χ0) is 41.6. The van der Waals surface area contributed by atoms with Gasteiger partial charge in [0.2, 0.25) is 11.9 Å². The number of hydrogen-bond donors (Lipinski definition) is 2. The molecule has 29 heteroatoms. The summed E-state index contributed by atoms with van der Waals surface area (Å²) in [6.07, 6.45) is -1.06. The molecule has 1 heterocycles. The number of sulfone groups is 1. The first-order valence-corrected chi connectivity index (χ1v) is 21.5. The Morgan fingerprint density at radius 3 is 1.63 bits per heavy atom. The summed E-state index contributed by atoms with van der Waals surface area (Å²) in [5.74, 6) is -0.429. The standard InChI is InChI=1S/C31H28FN9O12S4.3Na/c1-2-54(42,43)14-13-53-12-11-33-30-35-29(32)36-31(37-30)34-19-3-5-20(6-4-19)38-39-21-7-9-22(10-8-21)40-41-23-15-25-26(27(16-23)56(47,48)49)17-24(55(44,45)46)18-28(25)57(50,51)52;;;/h2-10,15-18H,1,11-14H2,(H,44,45,46)(H,47,48,49)(H,50,51,52)(H2,33,34,35,36,37);;;/q;3*+1/p-3. The van der Waals surface area contributed by atoms with E-state index in [0.717, 1.165) is 11.5 Å². The molecule has 1 aromatic heterocycles. The molecule has 300 valence electrons. The fraction of sp³-hybridized carbons (Fsp3) is 0.129. The third-order valence-corrected chi connectivity index (χ3v) is 11.0. The number of anilines is 3. The van der Waals surface area contributed by atoms with Crippen molar-refractivity contribution in [2.45, 2.75) is 14.7 Å². The van der Waals surface area contributed by atoms with E-state index in [1.54, 1.807) is 24.3 Å². The van der Waals surface area contributed by atoms with Crippen molar-refractivity contribution in [3.05, 3.63) is 90.9 Å². The molecule has 5 aromatic rings. The third-order valence-electron chi connectivity index (χ3n) is 7.22. The Kier molecular flexibility index (Phi) is 20.1. The van der Waals surface area contributed by atoms with E-state index in [-0.39, 0.29) is 138 Å². The average Bonchev–Trinajstić information content (AvgIpc) is 3.13. The molecule has 0 fully saturated rings. The number of fused-ring (bicyclic) bond motifs is 1. The second-order valence-corrected chi connectivity index (χ2v) is 17.4. The number of hydrogen-bond acceptors (Lipinski definition) is 21. The van der Waals surface area contributed by atoms with Crippen LogP contribution in [-0.4, -0.2) is 87.8 Å². The van der Waals surface area contributed by atoms with Gasteiger partial charge in [-0.1, -0.05) is 6.58 Å². The second kappa shape index (κ2) is 22.6. The Morgan fingerprint density at radius 2 is 1.12 bits per heavy atom. The van der Waals surface area contributed by atoms with Crippen molar-refractivity contribution in [1.82, 2.24) is 15.0 Å². The van der Waals surface area contributed by atoms with E-state index in [4.69, 9.17) is 4.74 Å². The summed E-state index contributed by atoms with van der Waals surface area (Å²) < 4.78 is 149. The summed E-state index contributed by atoms with van der Waals surface area (Å²) in [7, 11) is -19.7. The molecule has 0 aliphatic carbocycles. The van der Waals surface area contributed by atoms with Crippen molar-refractivity contribution in [2.75, 3.05) is 36.1 Å². The number of nitrogens with one attached hydrogen (secondary N) is 2. The van der Waals surface area contributed by atoms with Crippen molar-refractivity contribution in [3.8, 4) is 0 Å². The average molecular weight is 932 g/mol. The molecule has 0 saturated carbocycles. The van der Waals surface area contributed by atoms with Gasteiger partial charge in [0, 0.05) is 28.4 Å². The topological polar surface area (TPSA) is 327 Å².